The zero-order valence-corrected chi connectivity index (χ0v) is 10.9. The quantitative estimate of drug-likeness (QED) is 0.628. The number of hydrogen-bond acceptors (Lipinski definition) is 4. The van der Waals surface area contributed by atoms with Crippen molar-refractivity contribution in [3.63, 3.8) is 0 Å². The van der Waals surface area contributed by atoms with Gasteiger partial charge in [0.05, 0.1) is 4.92 Å². The summed E-state index contributed by atoms with van der Waals surface area (Å²) in [4.78, 5) is 33.5. The van der Waals surface area contributed by atoms with Crippen LogP contribution in [-0.4, -0.2) is 29.8 Å². The molecule has 19 heavy (non-hydrogen) atoms. The lowest BCUT2D eigenvalue weighted by Crippen LogP contribution is -2.30. The molecule has 0 heterocycles. The number of hydrogen-bond donors (Lipinski definition) is 2. The molecule has 0 saturated carbocycles. The number of nitro groups is 1. The first kappa shape index (κ1) is 14.6. The fourth-order valence-electron chi connectivity index (χ4n) is 1.50. The van der Waals surface area contributed by atoms with Crippen LogP contribution < -0.4 is 10.6 Å². The van der Waals surface area contributed by atoms with Crippen LogP contribution in [0.1, 0.15) is 34.6 Å². The molecule has 7 heteroatoms. The number of benzene rings is 1. The van der Waals surface area contributed by atoms with Gasteiger partial charge in [0.1, 0.15) is 5.56 Å². The molecule has 1 rings (SSSR count). The van der Waals surface area contributed by atoms with Gasteiger partial charge in [0.15, 0.2) is 0 Å². The molecule has 0 radical (unpaired) electrons. The van der Waals surface area contributed by atoms with Crippen molar-refractivity contribution in [3.8, 4) is 0 Å². The summed E-state index contributed by atoms with van der Waals surface area (Å²) in [7, 11) is 1.42. The topological polar surface area (TPSA) is 101 Å². The molecule has 0 aliphatic carbocycles. The van der Waals surface area contributed by atoms with Crippen LogP contribution in [0.3, 0.4) is 0 Å². The lowest BCUT2D eigenvalue weighted by Gasteiger charge is -2.09. The zero-order chi connectivity index (χ0) is 14.6. The highest BCUT2D eigenvalue weighted by Gasteiger charge is 2.22. The maximum atomic E-state index is 11.8. The van der Waals surface area contributed by atoms with Crippen molar-refractivity contribution in [1.82, 2.24) is 10.6 Å². The van der Waals surface area contributed by atoms with Crippen LogP contribution >= 0.6 is 0 Å². The fraction of sp³-hybridized carbons (Fsp3) is 0.333. The Morgan fingerprint density at radius 1 is 1.26 bits per heavy atom. The van der Waals surface area contributed by atoms with Gasteiger partial charge in [-0.15, -0.1) is 0 Å². The number of nitro benzene ring substituents is 1. The Labute approximate surface area is 110 Å². The van der Waals surface area contributed by atoms with E-state index in [1.165, 1.54) is 19.2 Å². The van der Waals surface area contributed by atoms with Crippen LogP contribution in [0, 0.1) is 10.1 Å². The van der Waals surface area contributed by atoms with Crippen LogP contribution in [0.5, 0.6) is 0 Å². The second kappa shape index (κ2) is 5.94. The Balaban J connectivity index is 3.22. The number of nitrogens with one attached hydrogen (secondary N) is 2. The van der Waals surface area contributed by atoms with E-state index in [4.69, 9.17) is 0 Å². The van der Waals surface area contributed by atoms with Crippen molar-refractivity contribution in [1.29, 1.82) is 0 Å². The first-order valence-electron chi connectivity index (χ1n) is 5.68. The second-order valence-electron chi connectivity index (χ2n) is 4.20. The average molecular weight is 265 g/mol. The molecule has 0 bridgehead atoms. The molecule has 1 aromatic carbocycles. The van der Waals surface area contributed by atoms with E-state index in [0.29, 0.717) is 0 Å². The summed E-state index contributed by atoms with van der Waals surface area (Å²) in [6, 6.07) is 3.61. The third-order valence-electron chi connectivity index (χ3n) is 2.35. The largest absolute Gasteiger partial charge is 0.355 e. The molecule has 2 N–H and O–H groups in total. The molecule has 2 amide bonds. The van der Waals surface area contributed by atoms with Gasteiger partial charge in [-0.2, -0.15) is 0 Å². The van der Waals surface area contributed by atoms with E-state index in [9.17, 15) is 19.7 Å². The van der Waals surface area contributed by atoms with Crippen molar-refractivity contribution in [2.45, 2.75) is 19.9 Å². The van der Waals surface area contributed by atoms with Crippen LogP contribution in [-0.2, 0) is 0 Å². The van der Waals surface area contributed by atoms with E-state index in [-0.39, 0.29) is 22.9 Å². The highest BCUT2D eigenvalue weighted by molar-refractivity contribution is 6.01. The highest BCUT2D eigenvalue weighted by Crippen LogP contribution is 2.20. The molecule has 0 unspecified atom stereocenters. The first-order valence-corrected chi connectivity index (χ1v) is 5.68. The van der Waals surface area contributed by atoms with Gasteiger partial charge >= 0.3 is 0 Å². The summed E-state index contributed by atoms with van der Waals surface area (Å²) in [6.45, 7) is 3.51. The maximum absolute atomic E-state index is 11.8. The summed E-state index contributed by atoms with van der Waals surface area (Å²) in [5.74, 6) is -0.982. The third kappa shape index (κ3) is 3.51. The Hall–Kier alpha value is -2.44. The molecule has 1 aromatic rings. The summed E-state index contributed by atoms with van der Waals surface area (Å²) >= 11 is 0. The minimum absolute atomic E-state index is 0.0636. The minimum Gasteiger partial charge on any atom is -0.355 e. The Kier molecular flexibility index (Phi) is 4.57. The number of carbonyl (C=O) groups excluding carboxylic acids is 2. The summed E-state index contributed by atoms with van der Waals surface area (Å²) < 4.78 is 0. The van der Waals surface area contributed by atoms with E-state index in [1.54, 1.807) is 13.8 Å². The van der Waals surface area contributed by atoms with Crippen LogP contribution in [0.4, 0.5) is 5.69 Å². The van der Waals surface area contributed by atoms with Gasteiger partial charge in [-0.1, -0.05) is 0 Å². The highest BCUT2D eigenvalue weighted by atomic mass is 16.6. The molecule has 7 nitrogen and oxygen atoms in total. The molecule has 0 saturated heterocycles. The van der Waals surface area contributed by atoms with Crippen molar-refractivity contribution >= 4 is 17.5 Å². The van der Waals surface area contributed by atoms with Gasteiger partial charge < -0.3 is 10.6 Å². The van der Waals surface area contributed by atoms with Crippen molar-refractivity contribution in [2.24, 2.45) is 0 Å². The van der Waals surface area contributed by atoms with Crippen molar-refractivity contribution in [3.05, 3.63) is 39.4 Å². The summed E-state index contributed by atoms with van der Waals surface area (Å²) in [5.41, 5.74) is -0.319. The molecule has 0 aliphatic rings. The lowest BCUT2D eigenvalue weighted by atomic mass is 10.1. The normalized spacial score (nSPS) is 10.1. The van der Waals surface area contributed by atoms with Gasteiger partial charge in [-0.05, 0) is 26.0 Å². The predicted molar refractivity (Wildman–Crippen MR) is 69.1 cm³/mol. The predicted octanol–water partition coefficient (Wildman–Crippen LogP) is 1.09. The summed E-state index contributed by atoms with van der Waals surface area (Å²) in [6.07, 6.45) is 0. The van der Waals surface area contributed by atoms with Crippen molar-refractivity contribution < 1.29 is 14.5 Å². The molecular formula is C12H15N3O4. The van der Waals surface area contributed by atoms with E-state index in [2.05, 4.69) is 10.6 Å². The molecule has 102 valence electrons. The van der Waals surface area contributed by atoms with Crippen LogP contribution in [0.2, 0.25) is 0 Å². The SMILES string of the molecule is CNC(=O)c1ccc(C(=O)NC(C)C)c([N+](=O)[O-])c1. The van der Waals surface area contributed by atoms with E-state index < -0.39 is 16.7 Å². The van der Waals surface area contributed by atoms with Gasteiger partial charge in [-0.25, -0.2) is 0 Å². The first-order chi connectivity index (χ1) is 8.86. The number of amides is 2. The second-order valence-corrected chi connectivity index (χ2v) is 4.20. The summed E-state index contributed by atoms with van der Waals surface area (Å²) in [5, 5.41) is 15.9. The van der Waals surface area contributed by atoms with E-state index >= 15 is 0 Å². The number of nitrogens with zero attached hydrogens (tertiary/aromatic N) is 1. The van der Waals surface area contributed by atoms with Gasteiger partial charge in [0.25, 0.3) is 17.5 Å². The van der Waals surface area contributed by atoms with Gasteiger partial charge in [-0.3, -0.25) is 19.7 Å². The Bertz CT molecular complexity index is 526. The minimum atomic E-state index is -0.679. The molecule has 0 aliphatic heterocycles. The van der Waals surface area contributed by atoms with E-state index in [1.807, 2.05) is 0 Å². The smallest absolute Gasteiger partial charge is 0.282 e. The number of carbonyl (C=O) groups is 2. The average Bonchev–Trinajstić information content (AvgIpc) is 2.36. The van der Waals surface area contributed by atoms with E-state index in [0.717, 1.165) is 6.07 Å². The lowest BCUT2D eigenvalue weighted by molar-refractivity contribution is -0.385. The van der Waals surface area contributed by atoms with Crippen LogP contribution in [0.25, 0.3) is 0 Å². The van der Waals surface area contributed by atoms with Crippen LogP contribution in [0.15, 0.2) is 18.2 Å². The Morgan fingerprint density at radius 3 is 2.37 bits per heavy atom. The Morgan fingerprint density at radius 2 is 1.89 bits per heavy atom. The third-order valence-corrected chi connectivity index (χ3v) is 2.35. The molecule has 0 fully saturated rings. The number of rotatable bonds is 4. The van der Waals surface area contributed by atoms with Crippen molar-refractivity contribution in [2.75, 3.05) is 7.05 Å². The molecular weight excluding hydrogens is 250 g/mol. The fourth-order valence-corrected chi connectivity index (χ4v) is 1.50. The molecule has 0 spiro atoms. The monoisotopic (exact) mass is 265 g/mol. The van der Waals surface area contributed by atoms with Gasteiger partial charge in [0.2, 0.25) is 0 Å². The maximum Gasteiger partial charge on any atom is 0.282 e. The van der Waals surface area contributed by atoms with Gasteiger partial charge in [0, 0.05) is 24.7 Å². The zero-order valence-electron chi connectivity index (χ0n) is 10.9. The standard InChI is InChI=1S/C12H15N3O4/c1-7(2)14-12(17)9-5-4-8(11(16)13-3)6-10(9)15(18)19/h4-7H,1-3H3,(H,13,16)(H,14,17). The molecule has 0 atom stereocenters. The molecule has 0 aromatic heterocycles.